The van der Waals surface area contributed by atoms with Gasteiger partial charge in [0.15, 0.2) is 0 Å². The van der Waals surface area contributed by atoms with E-state index in [2.05, 4.69) is 55.3 Å². The Kier molecular flexibility index (Phi) is 11.6. The second-order valence-electron chi connectivity index (χ2n) is 5.16. The van der Waals surface area contributed by atoms with Crippen molar-refractivity contribution < 1.29 is 19.8 Å². The highest BCUT2D eigenvalue weighted by Crippen LogP contribution is 2.03. The van der Waals surface area contributed by atoms with Crippen molar-refractivity contribution in [2.75, 3.05) is 26.2 Å². The fraction of sp³-hybridized carbons (Fsp3) is 0.529. The Morgan fingerprint density at radius 3 is 2.22 bits per heavy atom. The van der Waals surface area contributed by atoms with E-state index in [1.165, 1.54) is 24.1 Å². The summed E-state index contributed by atoms with van der Waals surface area (Å²) in [4.78, 5) is 20.7. The molecule has 0 atom stereocenters. The number of aryl methyl sites for hydroxylation is 1. The highest BCUT2D eigenvalue weighted by atomic mass is 16.4. The number of benzene rings is 1. The van der Waals surface area contributed by atoms with Crippen molar-refractivity contribution in [1.29, 1.82) is 0 Å². The molecule has 0 unspecified atom stereocenters. The summed E-state index contributed by atoms with van der Waals surface area (Å²) in [6.45, 7) is 12.2. The minimum atomic E-state index is -1.82. The van der Waals surface area contributed by atoms with E-state index in [1.807, 2.05) is 0 Å². The number of hydrogen-bond donors (Lipinski definition) is 3. The molecule has 23 heavy (non-hydrogen) atoms. The Bertz CT molecular complexity index is 461. The third-order valence-electron chi connectivity index (χ3n) is 3.32. The first-order valence-corrected chi connectivity index (χ1v) is 7.85. The van der Waals surface area contributed by atoms with Crippen molar-refractivity contribution in [3.63, 3.8) is 0 Å². The summed E-state index contributed by atoms with van der Waals surface area (Å²) >= 11 is 0. The number of aliphatic carboxylic acids is 2. The molecule has 0 saturated heterocycles. The Morgan fingerprint density at radius 2 is 1.74 bits per heavy atom. The number of carboxylic acid groups (broad SMARTS) is 2. The molecule has 130 valence electrons. The molecule has 1 aromatic rings. The fourth-order valence-electron chi connectivity index (χ4n) is 2.02. The van der Waals surface area contributed by atoms with Crippen LogP contribution in [0.3, 0.4) is 0 Å². The van der Waals surface area contributed by atoms with Crippen LogP contribution in [0.4, 0.5) is 0 Å². The van der Waals surface area contributed by atoms with E-state index in [9.17, 15) is 0 Å². The van der Waals surface area contributed by atoms with E-state index in [4.69, 9.17) is 19.8 Å². The molecule has 0 heterocycles. The number of carboxylic acids is 2. The largest absolute Gasteiger partial charge is 0.473 e. The molecule has 0 amide bonds. The molecule has 0 radical (unpaired) electrons. The van der Waals surface area contributed by atoms with Crippen molar-refractivity contribution >= 4 is 11.9 Å². The monoisotopic (exact) mass is 324 g/mol. The molecule has 3 N–H and O–H groups in total. The first kappa shape index (κ1) is 21.1. The van der Waals surface area contributed by atoms with Crippen LogP contribution >= 0.6 is 0 Å². The van der Waals surface area contributed by atoms with Crippen molar-refractivity contribution in [1.82, 2.24) is 10.2 Å². The third-order valence-corrected chi connectivity index (χ3v) is 3.32. The number of nitrogens with one attached hydrogen (secondary N) is 1. The Morgan fingerprint density at radius 1 is 1.13 bits per heavy atom. The zero-order chi connectivity index (χ0) is 17.7. The molecule has 0 aromatic heterocycles. The molecule has 0 fully saturated rings. The second-order valence-corrected chi connectivity index (χ2v) is 5.16. The quantitative estimate of drug-likeness (QED) is 0.500. The Hall–Kier alpha value is -1.92. The van der Waals surface area contributed by atoms with Gasteiger partial charge in [-0.3, -0.25) is 0 Å². The highest BCUT2D eigenvalue weighted by Gasteiger charge is 2.04. The van der Waals surface area contributed by atoms with Gasteiger partial charge in [0.1, 0.15) is 0 Å². The number of nitrogens with zero attached hydrogens (tertiary/aromatic N) is 1. The molecule has 0 spiro atoms. The molecule has 0 bridgehead atoms. The van der Waals surface area contributed by atoms with Crippen LogP contribution in [0, 0.1) is 6.92 Å². The summed E-state index contributed by atoms with van der Waals surface area (Å²) < 4.78 is 0. The maximum absolute atomic E-state index is 9.10. The van der Waals surface area contributed by atoms with Crippen molar-refractivity contribution in [3.8, 4) is 0 Å². The summed E-state index contributed by atoms with van der Waals surface area (Å²) in [6, 6.07) is 8.70. The van der Waals surface area contributed by atoms with Gasteiger partial charge in [-0.15, -0.1) is 0 Å². The lowest BCUT2D eigenvalue weighted by Crippen LogP contribution is -2.27. The van der Waals surface area contributed by atoms with Crippen LogP contribution in [0.1, 0.15) is 31.4 Å². The number of carbonyl (C=O) groups is 2. The van der Waals surface area contributed by atoms with Crippen molar-refractivity contribution in [3.05, 3.63) is 35.4 Å². The first-order valence-electron chi connectivity index (χ1n) is 7.85. The van der Waals surface area contributed by atoms with Gasteiger partial charge in [0.25, 0.3) is 0 Å². The van der Waals surface area contributed by atoms with E-state index in [1.54, 1.807) is 0 Å². The maximum atomic E-state index is 9.10. The lowest BCUT2D eigenvalue weighted by atomic mass is 10.1. The third kappa shape index (κ3) is 11.3. The Balaban J connectivity index is 0.000000688. The van der Waals surface area contributed by atoms with Crippen LogP contribution in [-0.2, 0) is 16.1 Å². The predicted molar refractivity (Wildman–Crippen MR) is 90.6 cm³/mol. The average molecular weight is 324 g/mol. The fourth-order valence-corrected chi connectivity index (χ4v) is 2.02. The number of hydrogen-bond acceptors (Lipinski definition) is 4. The van der Waals surface area contributed by atoms with Crippen LogP contribution < -0.4 is 5.32 Å². The smallest absolute Gasteiger partial charge is 0.414 e. The normalized spacial score (nSPS) is 10.1. The zero-order valence-electron chi connectivity index (χ0n) is 14.2. The molecule has 0 saturated carbocycles. The van der Waals surface area contributed by atoms with Crippen LogP contribution in [0.2, 0.25) is 0 Å². The highest BCUT2D eigenvalue weighted by molar-refractivity contribution is 6.27. The van der Waals surface area contributed by atoms with Gasteiger partial charge in [0.2, 0.25) is 0 Å². The molecule has 0 aliphatic rings. The molecular weight excluding hydrogens is 296 g/mol. The van der Waals surface area contributed by atoms with Gasteiger partial charge in [-0.1, -0.05) is 43.7 Å². The summed E-state index contributed by atoms with van der Waals surface area (Å²) in [6.07, 6.45) is 1.23. The topological polar surface area (TPSA) is 89.9 Å². The Labute approximate surface area is 138 Å². The van der Waals surface area contributed by atoms with E-state index in [0.29, 0.717) is 0 Å². The van der Waals surface area contributed by atoms with E-state index < -0.39 is 11.9 Å². The van der Waals surface area contributed by atoms with Gasteiger partial charge in [0, 0.05) is 6.54 Å². The van der Waals surface area contributed by atoms with Crippen LogP contribution in [0.5, 0.6) is 0 Å². The summed E-state index contributed by atoms with van der Waals surface area (Å²) in [5, 5.41) is 18.3. The van der Waals surface area contributed by atoms with Gasteiger partial charge in [-0.05, 0) is 45.1 Å². The van der Waals surface area contributed by atoms with Crippen LogP contribution in [0.15, 0.2) is 24.3 Å². The minimum absolute atomic E-state index is 0.986. The predicted octanol–water partition coefficient (Wildman–Crippen LogP) is 1.97. The van der Waals surface area contributed by atoms with Crippen LogP contribution in [-0.4, -0.2) is 53.2 Å². The molecule has 0 aliphatic heterocycles. The molecule has 6 heteroatoms. The minimum Gasteiger partial charge on any atom is -0.473 e. The summed E-state index contributed by atoms with van der Waals surface area (Å²) in [5.74, 6) is -3.65. The van der Waals surface area contributed by atoms with Gasteiger partial charge in [0.05, 0.1) is 0 Å². The van der Waals surface area contributed by atoms with Gasteiger partial charge in [-0.25, -0.2) is 9.59 Å². The summed E-state index contributed by atoms with van der Waals surface area (Å²) in [7, 11) is 0. The average Bonchev–Trinajstić information content (AvgIpc) is 2.51. The molecule has 1 aromatic carbocycles. The van der Waals surface area contributed by atoms with Gasteiger partial charge >= 0.3 is 11.9 Å². The maximum Gasteiger partial charge on any atom is 0.414 e. The second kappa shape index (κ2) is 12.6. The lowest BCUT2D eigenvalue weighted by molar-refractivity contribution is -0.159. The SMILES string of the molecule is CCN(CC)CCCNCc1cccc(C)c1.O=C(O)C(=O)O. The van der Waals surface area contributed by atoms with E-state index in [-0.39, 0.29) is 0 Å². The van der Waals surface area contributed by atoms with E-state index in [0.717, 1.165) is 26.2 Å². The standard InChI is InChI=1S/C15H26N2.C2H2O4/c1-4-17(5-2)11-7-10-16-13-15-9-6-8-14(3)12-15;3-1(4)2(5)6/h6,8-9,12,16H,4-5,7,10-11,13H2,1-3H3;(H,3,4)(H,5,6). The van der Waals surface area contributed by atoms with Gasteiger partial charge < -0.3 is 20.4 Å². The zero-order valence-corrected chi connectivity index (χ0v) is 14.2. The molecule has 6 nitrogen and oxygen atoms in total. The summed E-state index contributed by atoms with van der Waals surface area (Å²) in [5.41, 5.74) is 2.72. The first-order chi connectivity index (χ1) is 10.9. The van der Waals surface area contributed by atoms with Crippen molar-refractivity contribution in [2.24, 2.45) is 0 Å². The molecular formula is C17H28N2O4. The van der Waals surface area contributed by atoms with E-state index >= 15 is 0 Å². The lowest BCUT2D eigenvalue weighted by Gasteiger charge is -2.17. The van der Waals surface area contributed by atoms with Crippen molar-refractivity contribution in [2.45, 2.75) is 33.7 Å². The molecule has 1 rings (SSSR count). The van der Waals surface area contributed by atoms with Gasteiger partial charge in [-0.2, -0.15) is 0 Å². The van der Waals surface area contributed by atoms with Crippen LogP contribution in [0.25, 0.3) is 0 Å². The molecule has 0 aliphatic carbocycles. The number of rotatable bonds is 8.